The van der Waals surface area contributed by atoms with E-state index in [1.165, 1.54) is 0 Å². The molecule has 0 fully saturated rings. The number of hydrogen-bond donors (Lipinski definition) is 0. The SMILES string of the molecule is [2H]c1cc2c(-c3ccc4c(c3)oc3ccccc34)c3cc([2H])c([2H])cc3c(-c3cccc4ccccc34)c2cc1[2H]. The van der Waals surface area contributed by atoms with Crippen LogP contribution in [0, 0.1) is 0 Å². The largest absolute Gasteiger partial charge is 0.456 e. The molecule has 8 aromatic rings. The molecule has 0 aliphatic carbocycles. The number of benzene rings is 7. The maximum absolute atomic E-state index is 8.58. The highest BCUT2D eigenvalue weighted by Gasteiger charge is 2.18. The third-order valence-electron chi connectivity index (χ3n) is 7.42. The van der Waals surface area contributed by atoms with E-state index in [0.717, 1.165) is 76.5 Å². The van der Waals surface area contributed by atoms with Crippen molar-refractivity contribution >= 4 is 54.3 Å². The highest BCUT2D eigenvalue weighted by atomic mass is 16.3. The summed E-state index contributed by atoms with van der Waals surface area (Å²) in [5.74, 6) is 0. The van der Waals surface area contributed by atoms with E-state index in [-0.39, 0.29) is 24.2 Å². The summed E-state index contributed by atoms with van der Waals surface area (Å²) in [5, 5.41) is 7.57. The molecule has 0 saturated carbocycles. The fraction of sp³-hybridized carbons (Fsp3) is 0. The first kappa shape index (κ1) is 16.7. The Morgan fingerprint density at radius 1 is 0.432 bits per heavy atom. The van der Waals surface area contributed by atoms with Crippen LogP contribution in [0.1, 0.15) is 5.48 Å². The average Bonchev–Trinajstić information content (AvgIpc) is 3.35. The first-order valence-corrected chi connectivity index (χ1v) is 12.4. The predicted molar refractivity (Wildman–Crippen MR) is 157 cm³/mol. The minimum atomic E-state index is 0.134. The Morgan fingerprint density at radius 3 is 1.78 bits per heavy atom. The van der Waals surface area contributed by atoms with Crippen molar-refractivity contribution in [1.29, 1.82) is 0 Å². The van der Waals surface area contributed by atoms with Crippen LogP contribution in [0.25, 0.3) is 76.5 Å². The van der Waals surface area contributed by atoms with Gasteiger partial charge in [0.2, 0.25) is 0 Å². The first-order valence-electron chi connectivity index (χ1n) is 14.4. The molecule has 0 bridgehead atoms. The van der Waals surface area contributed by atoms with Crippen LogP contribution in [0.3, 0.4) is 0 Å². The number of rotatable bonds is 2. The van der Waals surface area contributed by atoms with E-state index in [4.69, 9.17) is 9.90 Å². The molecule has 0 N–H and O–H groups in total. The molecule has 1 heterocycles. The lowest BCUT2D eigenvalue weighted by Crippen LogP contribution is -1.91. The highest BCUT2D eigenvalue weighted by molar-refractivity contribution is 6.24. The molecule has 8 rings (SSSR count). The molecule has 1 aromatic heterocycles. The third kappa shape index (κ3) is 2.98. The molecule has 1 nitrogen and oxygen atoms in total. The Balaban J connectivity index is 1.57. The molecule has 0 atom stereocenters. The van der Waals surface area contributed by atoms with Gasteiger partial charge in [0.25, 0.3) is 0 Å². The van der Waals surface area contributed by atoms with Crippen LogP contribution in [0.5, 0.6) is 0 Å². The van der Waals surface area contributed by atoms with E-state index in [2.05, 4.69) is 42.5 Å². The maximum atomic E-state index is 8.58. The van der Waals surface area contributed by atoms with Crippen molar-refractivity contribution in [2.45, 2.75) is 0 Å². The second-order valence-corrected chi connectivity index (χ2v) is 9.40. The van der Waals surface area contributed by atoms with Crippen molar-refractivity contribution < 1.29 is 9.90 Å². The second kappa shape index (κ2) is 7.81. The Bertz CT molecular complexity index is 2290. The van der Waals surface area contributed by atoms with Gasteiger partial charge in [-0.2, -0.15) is 0 Å². The standard InChI is InChI=1S/C36H22O/c1-2-12-25-23(10-1)11-9-18-28(25)36-31-16-5-3-14-29(31)35(30-15-4-6-17-32(30)36)24-20-21-27-26-13-7-8-19-33(26)37-34(27)22-24/h1-22H/i3D,4D,5D,6D. The molecule has 0 aliphatic heterocycles. The quantitative estimate of drug-likeness (QED) is 0.227. The molecular formula is C36H22O. The lowest BCUT2D eigenvalue weighted by Gasteiger charge is -2.18. The summed E-state index contributed by atoms with van der Waals surface area (Å²) < 4.78 is 40.6. The Hall–Kier alpha value is -4.88. The second-order valence-electron chi connectivity index (χ2n) is 9.40. The molecule has 0 spiro atoms. The van der Waals surface area contributed by atoms with Gasteiger partial charge in [0, 0.05) is 10.8 Å². The molecular weight excluding hydrogens is 448 g/mol. The van der Waals surface area contributed by atoms with Gasteiger partial charge >= 0.3 is 0 Å². The van der Waals surface area contributed by atoms with Gasteiger partial charge in [-0.05, 0) is 72.8 Å². The zero-order valence-electron chi connectivity index (χ0n) is 23.8. The molecule has 0 aliphatic rings. The van der Waals surface area contributed by atoms with Crippen LogP contribution in [-0.2, 0) is 0 Å². The van der Waals surface area contributed by atoms with Crippen molar-refractivity contribution in [2.75, 3.05) is 0 Å². The van der Waals surface area contributed by atoms with E-state index in [1.54, 1.807) is 24.3 Å². The Kier molecular flexibility index (Phi) is 3.53. The highest BCUT2D eigenvalue weighted by Crippen LogP contribution is 2.45. The predicted octanol–water partition coefficient (Wildman–Crippen LogP) is 10.4. The number of hydrogen-bond acceptors (Lipinski definition) is 1. The summed E-state index contributed by atoms with van der Waals surface area (Å²) in [6.45, 7) is 0. The van der Waals surface area contributed by atoms with Crippen LogP contribution >= 0.6 is 0 Å². The molecule has 0 radical (unpaired) electrons. The minimum absolute atomic E-state index is 0.134. The lowest BCUT2D eigenvalue weighted by molar-refractivity contribution is 0.669. The zero-order valence-corrected chi connectivity index (χ0v) is 19.8. The molecule has 0 unspecified atom stereocenters. The fourth-order valence-electron chi connectivity index (χ4n) is 5.81. The summed E-state index contributed by atoms with van der Waals surface area (Å²) in [6, 6.07) is 36.1. The van der Waals surface area contributed by atoms with Crippen molar-refractivity contribution in [3.63, 3.8) is 0 Å². The summed E-state index contributed by atoms with van der Waals surface area (Å²) in [5.41, 5.74) is 5.23. The van der Waals surface area contributed by atoms with Crippen molar-refractivity contribution in [2.24, 2.45) is 0 Å². The van der Waals surface area contributed by atoms with Gasteiger partial charge in [-0.25, -0.2) is 0 Å². The Labute approximate surface area is 219 Å². The maximum Gasteiger partial charge on any atom is 0.136 e. The van der Waals surface area contributed by atoms with Gasteiger partial charge in [-0.3, -0.25) is 0 Å². The van der Waals surface area contributed by atoms with E-state index in [0.29, 0.717) is 0 Å². The summed E-state index contributed by atoms with van der Waals surface area (Å²) in [4.78, 5) is 0. The smallest absolute Gasteiger partial charge is 0.136 e. The molecule has 0 saturated heterocycles. The summed E-state index contributed by atoms with van der Waals surface area (Å²) >= 11 is 0. The molecule has 1 heteroatoms. The van der Waals surface area contributed by atoms with E-state index in [9.17, 15) is 0 Å². The molecule has 0 amide bonds. The summed E-state index contributed by atoms with van der Waals surface area (Å²) in [6.07, 6.45) is 0. The summed E-state index contributed by atoms with van der Waals surface area (Å²) in [7, 11) is 0. The van der Waals surface area contributed by atoms with Crippen LogP contribution in [0.4, 0.5) is 0 Å². The van der Waals surface area contributed by atoms with Crippen molar-refractivity contribution in [3.8, 4) is 22.3 Å². The monoisotopic (exact) mass is 474 g/mol. The fourth-order valence-corrected chi connectivity index (χ4v) is 5.81. The van der Waals surface area contributed by atoms with Gasteiger partial charge in [-0.1, -0.05) is 115 Å². The van der Waals surface area contributed by atoms with Crippen LogP contribution in [0.2, 0.25) is 0 Å². The number of fused-ring (bicyclic) bond motifs is 6. The van der Waals surface area contributed by atoms with Gasteiger partial charge in [0.05, 0.1) is 5.48 Å². The average molecular weight is 475 g/mol. The van der Waals surface area contributed by atoms with Gasteiger partial charge in [0.15, 0.2) is 0 Å². The van der Waals surface area contributed by atoms with Crippen LogP contribution in [-0.4, -0.2) is 0 Å². The van der Waals surface area contributed by atoms with Gasteiger partial charge in [0.1, 0.15) is 11.2 Å². The third-order valence-corrected chi connectivity index (χ3v) is 7.42. The Morgan fingerprint density at radius 2 is 1.03 bits per heavy atom. The first-order chi connectivity index (χ1) is 20.0. The van der Waals surface area contributed by atoms with Crippen molar-refractivity contribution in [3.05, 3.63) is 133 Å². The van der Waals surface area contributed by atoms with Crippen LogP contribution < -0.4 is 0 Å². The van der Waals surface area contributed by atoms with Gasteiger partial charge < -0.3 is 4.42 Å². The normalized spacial score (nSPS) is 13.3. The van der Waals surface area contributed by atoms with Crippen molar-refractivity contribution in [1.82, 2.24) is 0 Å². The number of furan rings is 1. The lowest BCUT2D eigenvalue weighted by atomic mass is 9.84. The number of para-hydroxylation sites is 1. The molecule has 37 heavy (non-hydrogen) atoms. The van der Waals surface area contributed by atoms with E-state index < -0.39 is 0 Å². The topological polar surface area (TPSA) is 13.1 Å². The van der Waals surface area contributed by atoms with Gasteiger partial charge in [-0.15, -0.1) is 0 Å². The van der Waals surface area contributed by atoms with E-state index >= 15 is 0 Å². The minimum Gasteiger partial charge on any atom is -0.456 e. The van der Waals surface area contributed by atoms with E-state index in [1.807, 2.05) is 42.5 Å². The van der Waals surface area contributed by atoms with Crippen LogP contribution in [0.15, 0.2) is 138 Å². The zero-order chi connectivity index (χ0) is 27.8. The molecule has 7 aromatic carbocycles. The molecule has 172 valence electrons.